The van der Waals surface area contributed by atoms with Crippen LogP contribution in [0, 0.1) is 12.8 Å². The van der Waals surface area contributed by atoms with Crippen molar-refractivity contribution < 1.29 is 4.79 Å². The molecule has 1 N–H and O–H groups in total. The molecule has 1 saturated carbocycles. The number of aromatic nitrogens is 2. The number of benzene rings is 1. The fraction of sp³-hybridized carbons (Fsp3) is 0.450. The first-order valence-corrected chi connectivity index (χ1v) is 9.10. The Hall–Kier alpha value is -2.43. The average Bonchev–Trinajstić information content (AvgIpc) is 3.16. The van der Waals surface area contributed by atoms with Crippen LogP contribution in [0.1, 0.15) is 42.5 Å². The standard InChI is InChI=1S/C20H23N3O2/c1-13-6-8-14(9-7-13)18-21-17-10-11-23(12-16(17)19(24)22-18)20(25)15-4-2-3-5-15/h6-9,15H,2-5,10-12H2,1H3,(H,21,22,24). The molecule has 130 valence electrons. The number of nitrogens with one attached hydrogen (secondary N) is 1. The van der Waals surface area contributed by atoms with Crippen LogP contribution in [-0.4, -0.2) is 27.3 Å². The van der Waals surface area contributed by atoms with Crippen molar-refractivity contribution in [2.75, 3.05) is 6.54 Å². The highest BCUT2D eigenvalue weighted by atomic mass is 16.2. The monoisotopic (exact) mass is 337 g/mol. The molecule has 0 spiro atoms. The van der Waals surface area contributed by atoms with E-state index in [9.17, 15) is 9.59 Å². The smallest absolute Gasteiger partial charge is 0.256 e. The first kappa shape index (κ1) is 16.1. The Balaban J connectivity index is 1.60. The van der Waals surface area contributed by atoms with E-state index in [1.807, 2.05) is 36.1 Å². The second-order valence-corrected chi connectivity index (χ2v) is 7.20. The maximum absolute atomic E-state index is 12.6. The van der Waals surface area contributed by atoms with E-state index >= 15 is 0 Å². The maximum atomic E-state index is 12.6. The molecule has 5 nitrogen and oxygen atoms in total. The number of hydrogen-bond donors (Lipinski definition) is 1. The van der Waals surface area contributed by atoms with Gasteiger partial charge in [-0.1, -0.05) is 42.7 Å². The minimum atomic E-state index is -0.121. The Morgan fingerprint density at radius 1 is 1.20 bits per heavy atom. The lowest BCUT2D eigenvalue weighted by atomic mass is 10.0. The van der Waals surface area contributed by atoms with Gasteiger partial charge >= 0.3 is 0 Å². The molecule has 1 aliphatic heterocycles. The predicted molar refractivity (Wildman–Crippen MR) is 96.1 cm³/mol. The fourth-order valence-corrected chi connectivity index (χ4v) is 3.89. The number of rotatable bonds is 2. The molecule has 25 heavy (non-hydrogen) atoms. The number of hydrogen-bond acceptors (Lipinski definition) is 3. The van der Waals surface area contributed by atoms with E-state index in [2.05, 4.69) is 9.97 Å². The summed E-state index contributed by atoms with van der Waals surface area (Å²) in [5.41, 5.74) is 3.44. The summed E-state index contributed by atoms with van der Waals surface area (Å²) in [4.78, 5) is 34.6. The molecular weight excluding hydrogens is 314 g/mol. The van der Waals surface area contributed by atoms with Crippen LogP contribution in [0.3, 0.4) is 0 Å². The number of amides is 1. The summed E-state index contributed by atoms with van der Waals surface area (Å²) in [6.45, 7) is 3.08. The zero-order valence-corrected chi connectivity index (χ0v) is 14.5. The van der Waals surface area contributed by atoms with Crippen molar-refractivity contribution in [2.45, 2.75) is 45.6 Å². The lowest BCUT2D eigenvalue weighted by Gasteiger charge is -2.30. The van der Waals surface area contributed by atoms with E-state index < -0.39 is 0 Å². The predicted octanol–water partition coefficient (Wildman–Crippen LogP) is 2.82. The lowest BCUT2D eigenvalue weighted by Crippen LogP contribution is -2.42. The van der Waals surface area contributed by atoms with Crippen molar-refractivity contribution in [2.24, 2.45) is 5.92 Å². The van der Waals surface area contributed by atoms with E-state index in [1.54, 1.807) is 0 Å². The number of aryl methyl sites for hydroxylation is 1. The molecule has 1 aliphatic carbocycles. The first-order valence-electron chi connectivity index (χ1n) is 9.10. The van der Waals surface area contributed by atoms with E-state index in [-0.39, 0.29) is 17.4 Å². The van der Waals surface area contributed by atoms with Crippen LogP contribution in [0.15, 0.2) is 29.1 Å². The van der Waals surface area contributed by atoms with Crippen LogP contribution in [-0.2, 0) is 17.8 Å². The highest BCUT2D eigenvalue weighted by molar-refractivity contribution is 5.79. The van der Waals surface area contributed by atoms with Gasteiger partial charge in [0, 0.05) is 24.4 Å². The molecule has 1 aromatic carbocycles. The molecule has 2 aliphatic rings. The zero-order valence-electron chi connectivity index (χ0n) is 14.5. The summed E-state index contributed by atoms with van der Waals surface area (Å²) in [5, 5.41) is 0. The highest BCUT2D eigenvalue weighted by Crippen LogP contribution is 2.28. The Morgan fingerprint density at radius 2 is 1.92 bits per heavy atom. The quantitative estimate of drug-likeness (QED) is 0.916. The molecule has 5 heteroatoms. The Kier molecular flexibility index (Phi) is 4.15. The van der Waals surface area contributed by atoms with Gasteiger partial charge in [-0.25, -0.2) is 4.98 Å². The minimum absolute atomic E-state index is 0.121. The molecule has 1 fully saturated rings. The topological polar surface area (TPSA) is 66.1 Å². The van der Waals surface area contributed by atoms with Gasteiger partial charge < -0.3 is 9.88 Å². The van der Waals surface area contributed by atoms with Crippen molar-refractivity contribution in [1.82, 2.24) is 14.9 Å². The lowest BCUT2D eigenvalue weighted by molar-refractivity contribution is -0.136. The number of fused-ring (bicyclic) bond motifs is 1. The van der Waals surface area contributed by atoms with Crippen molar-refractivity contribution in [1.29, 1.82) is 0 Å². The van der Waals surface area contributed by atoms with Gasteiger partial charge in [0.05, 0.1) is 17.8 Å². The first-order chi connectivity index (χ1) is 12.1. The number of aromatic amines is 1. The van der Waals surface area contributed by atoms with E-state index in [0.717, 1.165) is 36.9 Å². The third-order valence-electron chi connectivity index (χ3n) is 5.41. The minimum Gasteiger partial charge on any atom is -0.337 e. The number of carbonyl (C=O) groups excluding carboxylic acids is 1. The Bertz CT molecular complexity index is 848. The summed E-state index contributed by atoms with van der Waals surface area (Å²) in [6.07, 6.45) is 4.91. The van der Waals surface area contributed by atoms with Crippen molar-refractivity contribution in [3.05, 3.63) is 51.4 Å². The molecule has 4 rings (SSSR count). The summed E-state index contributed by atoms with van der Waals surface area (Å²) >= 11 is 0. The fourth-order valence-electron chi connectivity index (χ4n) is 3.89. The van der Waals surface area contributed by atoms with Gasteiger partial charge in [-0.3, -0.25) is 9.59 Å². The van der Waals surface area contributed by atoms with Crippen LogP contribution in [0.5, 0.6) is 0 Å². The van der Waals surface area contributed by atoms with Crippen molar-refractivity contribution in [3.8, 4) is 11.4 Å². The summed E-state index contributed by atoms with van der Waals surface area (Å²) in [6, 6.07) is 7.96. The third kappa shape index (κ3) is 3.11. The van der Waals surface area contributed by atoms with Crippen LogP contribution in [0.4, 0.5) is 0 Å². The van der Waals surface area contributed by atoms with E-state index in [4.69, 9.17) is 0 Å². The molecule has 1 aromatic heterocycles. The molecule has 0 atom stereocenters. The second kappa shape index (κ2) is 6.47. The molecule has 0 radical (unpaired) electrons. The van der Waals surface area contributed by atoms with Gasteiger partial charge in [0.2, 0.25) is 5.91 Å². The molecular formula is C20H23N3O2. The van der Waals surface area contributed by atoms with Gasteiger partial charge in [0.1, 0.15) is 5.82 Å². The van der Waals surface area contributed by atoms with Crippen molar-refractivity contribution >= 4 is 5.91 Å². The van der Waals surface area contributed by atoms with Crippen LogP contribution in [0.25, 0.3) is 11.4 Å². The molecule has 0 bridgehead atoms. The van der Waals surface area contributed by atoms with Crippen molar-refractivity contribution in [3.63, 3.8) is 0 Å². The van der Waals surface area contributed by atoms with Crippen LogP contribution < -0.4 is 5.56 Å². The average molecular weight is 337 g/mol. The normalized spacial score (nSPS) is 17.6. The highest BCUT2D eigenvalue weighted by Gasteiger charge is 2.30. The molecule has 0 unspecified atom stereocenters. The van der Waals surface area contributed by atoms with Gasteiger partial charge in [-0.05, 0) is 19.8 Å². The number of nitrogens with zero attached hydrogens (tertiary/aromatic N) is 2. The van der Waals surface area contributed by atoms with Crippen LogP contribution >= 0.6 is 0 Å². The van der Waals surface area contributed by atoms with Gasteiger partial charge in [-0.15, -0.1) is 0 Å². The summed E-state index contributed by atoms with van der Waals surface area (Å²) in [5.74, 6) is 0.977. The maximum Gasteiger partial charge on any atom is 0.256 e. The molecule has 1 amide bonds. The van der Waals surface area contributed by atoms with Gasteiger partial charge in [-0.2, -0.15) is 0 Å². The van der Waals surface area contributed by atoms with Crippen LogP contribution in [0.2, 0.25) is 0 Å². The SMILES string of the molecule is Cc1ccc(-c2nc3c(c(=O)[nH]2)CN(C(=O)C2CCCC2)CC3)cc1. The Morgan fingerprint density at radius 3 is 2.64 bits per heavy atom. The van der Waals surface area contributed by atoms with E-state index in [1.165, 1.54) is 5.56 Å². The van der Waals surface area contributed by atoms with E-state index in [0.29, 0.717) is 30.9 Å². The largest absolute Gasteiger partial charge is 0.337 e. The second-order valence-electron chi connectivity index (χ2n) is 7.20. The number of H-pyrrole nitrogens is 1. The number of carbonyl (C=O) groups is 1. The summed E-state index contributed by atoms with van der Waals surface area (Å²) in [7, 11) is 0. The Labute approximate surface area is 147 Å². The van der Waals surface area contributed by atoms with Gasteiger partial charge in [0.25, 0.3) is 5.56 Å². The van der Waals surface area contributed by atoms with Gasteiger partial charge in [0.15, 0.2) is 0 Å². The summed E-state index contributed by atoms with van der Waals surface area (Å²) < 4.78 is 0. The molecule has 2 heterocycles. The zero-order chi connectivity index (χ0) is 17.4. The third-order valence-corrected chi connectivity index (χ3v) is 5.41. The molecule has 2 aromatic rings. The molecule has 0 saturated heterocycles.